The zero-order valence-corrected chi connectivity index (χ0v) is 16.0. The van der Waals surface area contributed by atoms with Crippen molar-refractivity contribution in [3.05, 3.63) is 60.4 Å². The number of hydrogen-bond donors (Lipinski definition) is 1. The van der Waals surface area contributed by atoms with Crippen LogP contribution in [-0.2, 0) is 10.0 Å². The average Bonchev–Trinajstić information content (AvgIpc) is 2.69. The van der Waals surface area contributed by atoms with Crippen molar-refractivity contribution in [2.24, 2.45) is 0 Å². The van der Waals surface area contributed by atoms with Gasteiger partial charge in [0.15, 0.2) is 0 Å². The summed E-state index contributed by atoms with van der Waals surface area (Å²) in [6.45, 7) is 2.94. The normalized spacial score (nSPS) is 16.5. The molecule has 7 heteroatoms. The van der Waals surface area contributed by atoms with Crippen molar-refractivity contribution in [3.8, 4) is 0 Å². The third kappa shape index (κ3) is 3.65. The largest absolute Gasteiger partial charge is 0.367 e. The molecule has 3 aromatic rings. The fourth-order valence-electron chi connectivity index (χ4n) is 3.41. The lowest BCUT2D eigenvalue weighted by Crippen LogP contribution is -2.42. The van der Waals surface area contributed by atoms with Gasteiger partial charge in [-0.1, -0.05) is 29.8 Å². The van der Waals surface area contributed by atoms with Gasteiger partial charge in [-0.05, 0) is 44.0 Å². The monoisotopic (exact) mass is 382 g/mol. The molecule has 1 aromatic heterocycles. The Labute approximate surface area is 159 Å². The summed E-state index contributed by atoms with van der Waals surface area (Å²) in [6.07, 6.45) is 3.04. The van der Waals surface area contributed by atoms with Crippen LogP contribution in [0.25, 0.3) is 10.9 Å². The first kappa shape index (κ1) is 17.9. The number of piperidine rings is 1. The van der Waals surface area contributed by atoms with Crippen molar-refractivity contribution >= 4 is 26.7 Å². The van der Waals surface area contributed by atoms with Gasteiger partial charge < -0.3 is 5.32 Å². The van der Waals surface area contributed by atoms with Crippen molar-refractivity contribution in [2.45, 2.75) is 30.7 Å². The number of rotatable bonds is 4. The summed E-state index contributed by atoms with van der Waals surface area (Å²) >= 11 is 0. The fraction of sp³-hybridized carbons (Fsp3) is 0.300. The molecule has 1 saturated heterocycles. The Bertz CT molecular complexity index is 1040. The maximum atomic E-state index is 12.8. The van der Waals surface area contributed by atoms with E-state index in [-0.39, 0.29) is 6.04 Å². The highest BCUT2D eigenvalue weighted by atomic mass is 32.2. The molecule has 1 aliphatic rings. The van der Waals surface area contributed by atoms with Crippen LogP contribution < -0.4 is 5.32 Å². The summed E-state index contributed by atoms with van der Waals surface area (Å²) in [7, 11) is -3.43. The molecule has 0 spiro atoms. The molecule has 1 fully saturated rings. The molecular formula is C20H22N4O2S. The zero-order valence-electron chi connectivity index (χ0n) is 15.2. The summed E-state index contributed by atoms with van der Waals surface area (Å²) in [5, 5.41) is 4.45. The molecular weight excluding hydrogens is 360 g/mol. The van der Waals surface area contributed by atoms with Crippen molar-refractivity contribution < 1.29 is 8.42 Å². The molecule has 1 N–H and O–H groups in total. The third-order valence-electron chi connectivity index (χ3n) is 5.00. The minimum atomic E-state index is -3.43. The van der Waals surface area contributed by atoms with Gasteiger partial charge in [-0.2, -0.15) is 4.31 Å². The van der Waals surface area contributed by atoms with Crippen LogP contribution >= 0.6 is 0 Å². The molecule has 6 nitrogen and oxygen atoms in total. The molecule has 0 amide bonds. The van der Waals surface area contributed by atoms with Gasteiger partial charge in [0.2, 0.25) is 10.0 Å². The van der Waals surface area contributed by atoms with Crippen LogP contribution in [0, 0.1) is 6.92 Å². The number of nitrogens with one attached hydrogen (secondary N) is 1. The van der Waals surface area contributed by atoms with Gasteiger partial charge >= 0.3 is 0 Å². The second kappa shape index (κ2) is 7.25. The molecule has 140 valence electrons. The summed E-state index contributed by atoms with van der Waals surface area (Å²) < 4.78 is 27.2. The Morgan fingerprint density at radius 2 is 1.70 bits per heavy atom. The molecule has 0 unspecified atom stereocenters. The SMILES string of the molecule is Cc1ccc(S(=O)(=O)N2CCC(Nc3ncnc4ccccc34)CC2)cc1. The minimum absolute atomic E-state index is 0.188. The quantitative estimate of drug-likeness (QED) is 0.750. The number of aromatic nitrogens is 2. The van der Waals surface area contributed by atoms with Crippen LogP contribution in [0.15, 0.2) is 59.8 Å². The smallest absolute Gasteiger partial charge is 0.243 e. The number of sulfonamides is 1. The zero-order chi connectivity index (χ0) is 18.9. The Kier molecular flexibility index (Phi) is 4.80. The van der Waals surface area contributed by atoms with Gasteiger partial charge in [0.05, 0.1) is 10.4 Å². The van der Waals surface area contributed by atoms with E-state index in [4.69, 9.17) is 0 Å². The lowest BCUT2D eigenvalue weighted by atomic mass is 10.1. The van der Waals surface area contributed by atoms with E-state index in [0.717, 1.165) is 35.1 Å². The van der Waals surface area contributed by atoms with Crippen LogP contribution in [0.4, 0.5) is 5.82 Å². The first-order valence-electron chi connectivity index (χ1n) is 9.07. The van der Waals surface area contributed by atoms with E-state index in [1.54, 1.807) is 22.8 Å². The average molecular weight is 382 g/mol. The second-order valence-electron chi connectivity index (χ2n) is 6.88. The Morgan fingerprint density at radius 3 is 2.44 bits per heavy atom. The molecule has 27 heavy (non-hydrogen) atoms. The van der Waals surface area contributed by atoms with Crippen molar-refractivity contribution in [1.29, 1.82) is 0 Å². The summed E-state index contributed by atoms with van der Waals surface area (Å²) in [5.74, 6) is 0.806. The van der Waals surface area contributed by atoms with E-state index in [9.17, 15) is 8.42 Å². The molecule has 0 aliphatic carbocycles. The van der Waals surface area contributed by atoms with Crippen molar-refractivity contribution in [1.82, 2.24) is 14.3 Å². The summed E-state index contributed by atoms with van der Waals surface area (Å²) in [6, 6.07) is 15.1. The number of fused-ring (bicyclic) bond motifs is 1. The van der Waals surface area contributed by atoms with Gasteiger partial charge in [0, 0.05) is 24.5 Å². The standard InChI is InChI=1S/C20H22N4O2S/c1-15-6-8-17(9-7-15)27(25,26)24-12-10-16(11-13-24)23-20-18-4-2-3-5-19(18)21-14-22-20/h2-9,14,16H,10-13H2,1H3,(H,21,22,23). The van der Waals surface area contributed by atoms with Crippen LogP contribution in [0.5, 0.6) is 0 Å². The molecule has 2 heterocycles. The van der Waals surface area contributed by atoms with Gasteiger partial charge in [0.1, 0.15) is 12.1 Å². The van der Waals surface area contributed by atoms with E-state index in [0.29, 0.717) is 18.0 Å². The molecule has 2 aromatic carbocycles. The van der Waals surface area contributed by atoms with Crippen LogP contribution in [0.2, 0.25) is 0 Å². The third-order valence-corrected chi connectivity index (χ3v) is 6.91. The molecule has 0 atom stereocenters. The van der Waals surface area contributed by atoms with Gasteiger partial charge in [-0.25, -0.2) is 18.4 Å². The van der Waals surface area contributed by atoms with Crippen LogP contribution in [0.1, 0.15) is 18.4 Å². The number of benzene rings is 2. The van der Waals surface area contributed by atoms with E-state index in [1.165, 1.54) is 0 Å². The van der Waals surface area contributed by atoms with Crippen LogP contribution in [0.3, 0.4) is 0 Å². The molecule has 4 rings (SSSR count). The predicted molar refractivity (Wildman–Crippen MR) is 106 cm³/mol. The van der Waals surface area contributed by atoms with E-state index < -0.39 is 10.0 Å². The first-order valence-corrected chi connectivity index (χ1v) is 10.5. The molecule has 0 saturated carbocycles. The highest BCUT2D eigenvalue weighted by Gasteiger charge is 2.29. The van der Waals surface area contributed by atoms with Crippen molar-refractivity contribution in [2.75, 3.05) is 18.4 Å². The minimum Gasteiger partial charge on any atom is -0.367 e. The van der Waals surface area contributed by atoms with Gasteiger partial charge in [-0.15, -0.1) is 0 Å². The Balaban J connectivity index is 1.45. The highest BCUT2D eigenvalue weighted by molar-refractivity contribution is 7.89. The predicted octanol–water partition coefficient (Wildman–Crippen LogP) is 3.20. The first-order chi connectivity index (χ1) is 13.0. The van der Waals surface area contributed by atoms with E-state index >= 15 is 0 Å². The van der Waals surface area contributed by atoms with Crippen LogP contribution in [-0.4, -0.2) is 41.8 Å². The number of aryl methyl sites for hydroxylation is 1. The summed E-state index contributed by atoms with van der Waals surface area (Å²) in [5.41, 5.74) is 1.95. The topological polar surface area (TPSA) is 75.2 Å². The lowest BCUT2D eigenvalue weighted by molar-refractivity contribution is 0.329. The highest BCUT2D eigenvalue weighted by Crippen LogP contribution is 2.25. The fourth-order valence-corrected chi connectivity index (χ4v) is 4.88. The lowest BCUT2D eigenvalue weighted by Gasteiger charge is -2.32. The second-order valence-corrected chi connectivity index (χ2v) is 8.81. The van der Waals surface area contributed by atoms with E-state index in [2.05, 4.69) is 15.3 Å². The van der Waals surface area contributed by atoms with Crippen molar-refractivity contribution in [3.63, 3.8) is 0 Å². The number of anilines is 1. The Morgan fingerprint density at radius 1 is 1.00 bits per heavy atom. The Hall–Kier alpha value is -2.51. The molecule has 0 radical (unpaired) electrons. The maximum absolute atomic E-state index is 12.8. The number of nitrogens with zero attached hydrogens (tertiary/aromatic N) is 3. The van der Waals surface area contributed by atoms with Gasteiger partial charge in [-0.3, -0.25) is 0 Å². The molecule has 0 bridgehead atoms. The number of para-hydroxylation sites is 1. The molecule has 1 aliphatic heterocycles. The summed E-state index contributed by atoms with van der Waals surface area (Å²) in [4.78, 5) is 9.01. The van der Waals surface area contributed by atoms with E-state index in [1.807, 2.05) is 43.3 Å². The maximum Gasteiger partial charge on any atom is 0.243 e. The van der Waals surface area contributed by atoms with Gasteiger partial charge in [0.25, 0.3) is 0 Å². The number of hydrogen-bond acceptors (Lipinski definition) is 5.